The minimum Gasteiger partial charge on any atom is -0.216 e. The van der Waals surface area contributed by atoms with Crippen LogP contribution in [0.15, 0.2) is 70.7 Å². The molecule has 2 aromatic carbocycles. The van der Waals surface area contributed by atoms with Crippen LogP contribution in [0.2, 0.25) is 0 Å². The monoisotopic (exact) mass is 368 g/mol. The second-order valence-corrected chi connectivity index (χ2v) is 7.92. The maximum Gasteiger partial charge on any atom is 0.404 e. The van der Waals surface area contributed by atoms with Crippen LogP contribution in [0.3, 0.4) is 0 Å². The van der Waals surface area contributed by atoms with E-state index in [0.717, 1.165) is 16.8 Å². The summed E-state index contributed by atoms with van der Waals surface area (Å²) < 4.78 is 50.1. The van der Waals surface area contributed by atoms with Crippen LogP contribution in [-0.4, -0.2) is 33.2 Å². The number of hydrogen-bond acceptors (Lipinski definition) is 6. The van der Waals surface area contributed by atoms with Gasteiger partial charge in [-0.3, -0.25) is 0 Å². The molecule has 24 heavy (non-hydrogen) atoms. The van der Waals surface area contributed by atoms with Gasteiger partial charge in [0.05, 0.1) is 10.6 Å². The number of nitrogens with zero attached hydrogens (tertiary/aromatic N) is 4. The minimum absolute atomic E-state index is 0.219. The van der Waals surface area contributed by atoms with Gasteiger partial charge in [0.1, 0.15) is 0 Å². The van der Waals surface area contributed by atoms with Crippen LogP contribution in [0, 0.1) is 0 Å². The molecule has 0 fully saturated rings. The smallest absolute Gasteiger partial charge is 0.216 e. The van der Waals surface area contributed by atoms with E-state index in [2.05, 4.69) is 15.5 Å². The Kier molecular flexibility index (Phi) is 4.33. The molecule has 0 saturated carbocycles. The van der Waals surface area contributed by atoms with Gasteiger partial charge in [-0.15, -0.1) is 5.10 Å². The van der Waals surface area contributed by atoms with Gasteiger partial charge in [-0.25, -0.2) is 8.42 Å². The van der Waals surface area contributed by atoms with Crippen molar-refractivity contribution in [1.29, 1.82) is 0 Å². The third-order valence-electron chi connectivity index (χ3n) is 3.02. The van der Waals surface area contributed by atoms with E-state index in [1.165, 1.54) is 12.1 Å². The van der Waals surface area contributed by atoms with Crippen molar-refractivity contribution < 1.29 is 17.2 Å². The lowest BCUT2D eigenvalue weighted by molar-refractivity contribution is 0.195. The number of aromatic nitrogens is 4. The lowest BCUT2D eigenvalue weighted by Gasteiger charge is -2.15. The summed E-state index contributed by atoms with van der Waals surface area (Å²) in [6.07, 6.45) is 0. The van der Waals surface area contributed by atoms with E-state index in [4.69, 9.17) is 0 Å². The van der Waals surface area contributed by atoms with Crippen LogP contribution in [0.1, 0.15) is 0 Å². The molecule has 0 aliphatic rings. The summed E-state index contributed by atoms with van der Waals surface area (Å²) in [5, 5.41) is 10.2. The van der Waals surface area contributed by atoms with Gasteiger partial charge < -0.3 is 0 Å². The number of para-hydroxylation sites is 1. The number of benzene rings is 2. The number of thioether (sulfide) groups is 1. The standard InChI is InChI=1S/C14H10F2N4O2S2/c15-14(16,24(21,22)12-9-5-2-6-10-12)23-13-17-18-19-20(13)11-7-3-1-4-8-11/h1-10H. The van der Waals surface area contributed by atoms with E-state index in [0.29, 0.717) is 5.69 Å². The molecule has 3 aromatic rings. The van der Waals surface area contributed by atoms with Crippen molar-refractivity contribution in [3.05, 3.63) is 60.7 Å². The number of alkyl halides is 2. The number of sulfone groups is 1. The quantitative estimate of drug-likeness (QED) is 0.645. The van der Waals surface area contributed by atoms with Crippen LogP contribution in [0.4, 0.5) is 8.78 Å². The van der Waals surface area contributed by atoms with Crippen LogP contribution in [-0.2, 0) is 9.84 Å². The highest BCUT2D eigenvalue weighted by Crippen LogP contribution is 2.42. The highest BCUT2D eigenvalue weighted by molar-refractivity contribution is 8.14. The van der Waals surface area contributed by atoms with Gasteiger partial charge >= 0.3 is 4.59 Å². The van der Waals surface area contributed by atoms with Gasteiger partial charge in [-0.2, -0.15) is 13.5 Å². The van der Waals surface area contributed by atoms with Crippen LogP contribution in [0.25, 0.3) is 5.69 Å². The topological polar surface area (TPSA) is 77.7 Å². The molecule has 3 rings (SSSR count). The summed E-state index contributed by atoms with van der Waals surface area (Å²) in [7, 11) is -4.89. The first kappa shape index (κ1) is 16.5. The maximum atomic E-state index is 14.4. The molecule has 0 amide bonds. The van der Waals surface area contributed by atoms with E-state index in [-0.39, 0.29) is 16.9 Å². The van der Waals surface area contributed by atoms with E-state index in [1.54, 1.807) is 36.4 Å². The van der Waals surface area contributed by atoms with Crippen molar-refractivity contribution in [3.63, 3.8) is 0 Å². The first-order valence-corrected chi connectivity index (χ1v) is 8.92. The highest BCUT2D eigenvalue weighted by atomic mass is 32.3. The predicted octanol–water partition coefficient (Wildman–Crippen LogP) is 2.78. The molecule has 0 atom stereocenters. The van der Waals surface area contributed by atoms with E-state index >= 15 is 0 Å². The largest absolute Gasteiger partial charge is 0.404 e. The van der Waals surface area contributed by atoms with Crippen LogP contribution < -0.4 is 0 Å². The van der Waals surface area contributed by atoms with Gasteiger partial charge in [0.15, 0.2) is 0 Å². The molecular formula is C14H10F2N4O2S2. The minimum atomic E-state index is -4.89. The van der Waals surface area contributed by atoms with E-state index < -0.39 is 19.3 Å². The second kappa shape index (κ2) is 6.29. The van der Waals surface area contributed by atoms with Crippen molar-refractivity contribution in [3.8, 4) is 5.69 Å². The summed E-state index contributed by atoms with van der Waals surface area (Å²) in [5.74, 6) is 0. The predicted molar refractivity (Wildman–Crippen MR) is 83.6 cm³/mol. The molecule has 10 heteroatoms. The Morgan fingerprint density at radius 2 is 1.54 bits per heavy atom. The molecule has 0 radical (unpaired) electrons. The van der Waals surface area contributed by atoms with Gasteiger partial charge in [-0.05, 0) is 34.7 Å². The van der Waals surface area contributed by atoms with Crippen molar-refractivity contribution in [1.82, 2.24) is 20.2 Å². The summed E-state index contributed by atoms with van der Waals surface area (Å²) in [6, 6.07) is 14.9. The summed E-state index contributed by atoms with van der Waals surface area (Å²) in [4.78, 5) is -0.471. The Hall–Kier alpha value is -2.33. The fraction of sp³-hybridized carbons (Fsp3) is 0.0714. The van der Waals surface area contributed by atoms with Gasteiger partial charge in [0.25, 0.3) is 9.84 Å². The fourth-order valence-electron chi connectivity index (χ4n) is 1.87. The molecular weight excluding hydrogens is 358 g/mol. The lowest BCUT2D eigenvalue weighted by atomic mass is 10.3. The van der Waals surface area contributed by atoms with Crippen molar-refractivity contribution in [2.24, 2.45) is 0 Å². The molecule has 1 heterocycles. The van der Waals surface area contributed by atoms with E-state index in [1.807, 2.05) is 0 Å². The van der Waals surface area contributed by atoms with Crippen LogP contribution in [0.5, 0.6) is 0 Å². The molecule has 1 aromatic heterocycles. The average molecular weight is 368 g/mol. The molecule has 0 unspecified atom stereocenters. The molecule has 0 bridgehead atoms. The third-order valence-corrected chi connectivity index (χ3v) is 6.12. The van der Waals surface area contributed by atoms with Crippen molar-refractivity contribution in [2.75, 3.05) is 0 Å². The summed E-state index contributed by atoms with van der Waals surface area (Å²) in [6.45, 7) is 0. The third kappa shape index (κ3) is 3.02. The molecule has 6 nitrogen and oxygen atoms in total. The van der Waals surface area contributed by atoms with E-state index in [9.17, 15) is 17.2 Å². The normalized spacial score (nSPS) is 12.2. The Morgan fingerprint density at radius 3 is 2.17 bits per heavy atom. The highest BCUT2D eigenvalue weighted by Gasteiger charge is 2.48. The number of tetrazole rings is 1. The number of rotatable bonds is 5. The average Bonchev–Trinajstić information content (AvgIpc) is 3.03. The molecule has 0 aliphatic heterocycles. The molecule has 0 aliphatic carbocycles. The SMILES string of the molecule is O=S(=O)(c1ccccc1)C(F)(F)Sc1nnnn1-c1ccccc1. The van der Waals surface area contributed by atoms with Crippen molar-refractivity contribution in [2.45, 2.75) is 14.6 Å². The molecule has 124 valence electrons. The number of hydrogen-bond donors (Lipinski definition) is 0. The molecule has 0 spiro atoms. The Balaban J connectivity index is 1.96. The second-order valence-electron chi connectivity index (χ2n) is 4.59. The van der Waals surface area contributed by atoms with Crippen LogP contribution >= 0.6 is 11.8 Å². The first-order valence-electron chi connectivity index (χ1n) is 6.62. The molecule has 0 N–H and O–H groups in total. The first-order chi connectivity index (χ1) is 11.4. The van der Waals surface area contributed by atoms with Gasteiger partial charge in [-0.1, -0.05) is 36.4 Å². The Bertz CT molecular complexity index is 932. The zero-order valence-electron chi connectivity index (χ0n) is 12.0. The van der Waals surface area contributed by atoms with Gasteiger partial charge in [0, 0.05) is 11.8 Å². The summed E-state index contributed by atoms with van der Waals surface area (Å²) >= 11 is -0.219. The maximum absolute atomic E-state index is 14.4. The molecule has 0 saturated heterocycles. The lowest BCUT2D eigenvalue weighted by Crippen LogP contribution is -2.25. The van der Waals surface area contributed by atoms with Crippen molar-refractivity contribution >= 4 is 21.6 Å². The Labute approximate surface area is 140 Å². The summed E-state index contributed by atoms with van der Waals surface area (Å²) in [5.41, 5.74) is 0.443. The fourth-order valence-corrected chi connectivity index (χ4v) is 4.13. The Morgan fingerprint density at radius 1 is 0.958 bits per heavy atom. The zero-order chi connectivity index (χ0) is 17.2. The number of halogens is 2. The zero-order valence-corrected chi connectivity index (χ0v) is 13.6. The van der Waals surface area contributed by atoms with Gasteiger partial charge in [0.2, 0.25) is 5.16 Å².